The minimum atomic E-state index is -0.372. The zero-order valence-electron chi connectivity index (χ0n) is 15.6. The summed E-state index contributed by atoms with van der Waals surface area (Å²) in [7, 11) is 2.14. The molecule has 0 atom stereocenters. The van der Waals surface area contributed by atoms with Crippen LogP contribution in [0.2, 0.25) is 0 Å². The molecule has 6 nitrogen and oxygen atoms in total. The third-order valence-corrected chi connectivity index (χ3v) is 5.07. The number of rotatable bonds is 3. The average molecular weight is 395 g/mol. The molecule has 0 aliphatic carbocycles. The Morgan fingerprint density at radius 3 is 2.46 bits per heavy atom. The number of para-hydroxylation sites is 1. The first-order chi connectivity index (χ1) is 13.6. The Morgan fingerprint density at radius 2 is 1.75 bits per heavy atom. The maximum Gasteiger partial charge on any atom is 0.293 e. The fourth-order valence-corrected chi connectivity index (χ4v) is 3.45. The summed E-state index contributed by atoms with van der Waals surface area (Å²) in [5.74, 6) is -0.140. The quantitative estimate of drug-likeness (QED) is 0.665. The van der Waals surface area contributed by atoms with Crippen molar-refractivity contribution in [2.75, 3.05) is 43.4 Å². The molecule has 1 amide bonds. The number of thiocarbonyl (C=S) groups is 1. The lowest BCUT2D eigenvalue weighted by Crippen LogP contribution is -2.44. The number of hydrogen-bond donors (Lipinski definition) is 2. The topological polar surface area (TPSA) is 60.8 Å². The van der Waals surface area contributed by atoms with Gasteiger partial charge in [0.25, 0.3) is 5.91 Å². The van der Waals surface area contributed by atoms with E-state index in [9.17, 15) is 4.79 Å². The van der Waals surface area contributed by atoms with Gasteiger partial charge in [0.15, 0.2) is 10.9 Å². The molecule has 0 spiro atoms. The van der Waals surface area contributed by atoms with E-state index in [0.717, 1.165) is 37.3 Å². The van der Waals surface area contributed by atoms with Gasteiger partial charge in [-0.1, -0.05) is 18.2 Å². The van der Waals surface area contributed by atoms with Crippen LogP contribution in [0.1, 0.15) is 10.6 Å². The molecule has 0 bridgehead atoms. The van der Waals surface area contributed by atoms with Crippen molar-refractivity contribution in [3.8, 4) is 0 Å². The molecule has 2 heterocycles. The third kappa shape index (κ3) is 4.16. The van der Waals surface area contributed by atoms with E-state index in [1.54, 1.807) is 6.07 Å². The predicted octanol–water partition coefficient (Wildman–Crippen LogP) is 3.31. The molecule has 2 aromatic carbocycles. The number of amides is 1. The molecule has 1 aliphatic heterocycles. The molecule has 3 aromatic rings. The normalized spacial score (nSPS) is 14.8. The largest absolute Gasteiger partial charge is 0.451 e. The Morgan fingerprint density at radius 1 is 1.04 bits per heavy atom. The summed E-state index contributed by atoms with van der Waals surface area (Å²) in [6, 6.07) is 17.3. The highest BCUT2D eigenvalue weighted by atomic mass is 32.1. The summed E-state index contributed by atoms with van der Waals surface area (Å²) in [6.07, 6.45) is 0. The van der Waals surface area contributed by atoms with Gasteiger partial charge in [0.2, 0.25) is 0 Å². The first kappa shape index (κ1) is 18.5. The highest BCUT2D eigenvalue weighted by Crippen LogP contribution is 2.20. The van der Waals surface area contributed by atoms with E-state index >= 15 is 0 Å². The standard InChI is InChI=1S/C21H22N4O2S/c1-24-10-12-25(13-11-24)17-8-6-16(7-9-17)22-21(28)23-20(26)19-14-15-4-2-3-5-18(15)27-19/h2-9,14H,10-13H2,1H3,(H2,22,23,26,28). The molecule has 4 rings (SSSR count). The van der Waals surface area contributed by atoms with E-state index in [0.29, 0.717) is 5.58 Å². The van der Waals surface area contributed by atoms with Gasteiger partial charge in [0, 0.05) is 42.9 Å². The van der Waals surface area contributed by atoms with Gasteiger partial charge in [-0.2, -0.15) is 0 Å². The highest BCUT2D eigenvalue weighted by Gasteiger charge is 2.15. The van der Waals surface area contributed by atoms with Crippen molar-refractivity contribution < 1.29 is 9.21 Å². The van der Waals surface area contributed by atoms with Crippen LogP contribution in [0.4, 0.5) is 11.4 Å². The van der Waals surface area contributed by atoms with Crippen LogP contribution in [0.3, 0.4) is 0 Å². The van der Waals surface area contributed by atoms with Crippen molar-refractivity contribution in [3.05, 3.63) is 60.4 Å². The van der Waals surface area contributed by atoms with Crippen molar-refractivity contribution in [1.82, 2.24) is 10.2 Å². The van der Waals surface area contributed by atoms with Gasteiger partial charge >= 0.3 is 0 Å². The summed E-state index contributed by atoms with van der Waals surface area (Å²) in [4.78, 5) is 17.1. The first-order valence-corrected chi connectivity index (χ1v) is 9.64. The number of carbonyl (C=O) groups is 1. The molecule has 1 aromatic heterocycles. The lowest BCUT2D eigenvalue weighted by molar-refractivity contribution is 0.0953. The van der Waals surface area contributed by atoms with E-state index in [4.69, 9.17) is 16.6 Å². The van der Waals surface area contributed by atoms with Gasteiger partial charge in [-0.15, -0.1) is 0 Å². The van der Waals surface area contributed by atoms with Gasteiger partial charge < -0.3 is 19.5 Å². The molecule has 0 saturated carbocycles. The van der Waals surface area contributed by atoms with Crippen molar-refractivity contribution in [2.45, 2.75) is 0 Å². The smallest absolute Gasteiger partial charge is 0.293 e. The number of hydrogen-bond acceptors (Lipinski definition) is 5. The fourth-order valence-electron chi connectivity index (χ4n) is 3.24. The molecule has 1 aliphatic rings. The SMILES string of the molecule is CN1CCN(c2ccc(NC(=S)NC(=O)c3cc4ccccc4o3)cc2)CC1. The van der Waals surface area contributed by atoms with Crippen LogP contribution < -0.4 is 15.5 Å². The predicted molar refractivity (Wildman–Crippen MR) is 116 cm³/mol. The lowest BCUT2D eigenvalue weighted by Gasteiger charge is -2.34. The molecule has 7 heteroatoms. The summed E-state index contributed by atoms with van der Waals surface area (Å²) in [5.41, 5.74) is 2.69. The molecule has 1 fully saturated rings. The second-order valence-corrected chi connectivity index (χ2v) is 7.30. The van der Waals surface area contributed by atoms with Crippen LogP contribution in [0.5, 0.6) is 0 Å². The van der Waals surface area contributed by atoms with Crippen molar-refractivity contribution in [2.24, 2.45) is 0 Å². The summed E-state index contributed by atoms with van der Waals surface area (Å²) >= 11 is 5.26. The molecule has 144 valence electrons. The molecule has 2 N–H and O–H groups in total. The number of nitrogens with one attached hydrogen (secondary N) is 2. The van der Waals surface area contributed by atoms with Crippen molar-refractivity contribution in [3.63, 3.8) is 0 Å². The number of piperazine rings is 1. The monoisotopic (exact) mass is 394 g/mol. The minimum absolute atomic E-state index is 0.232. The van der Waals surface area contributed by atoms with Crippen LogP contribution in [-0.2, 0) is 0 Å². The Kier molecular flexibility index (Phi) is 5.27. The number of fused-ring (bicyclic) bond motifs is 1. The van der Waals surface area contributed by atoms with Gasteiger partial charge in [-0.25, -0.2) is 0 Å². The van der Waals surface area contributed by atoms with Gasteiger partial charge in [0.1, 0.15) is 5.58 Å². The minimum Gasteiger partial charge on any atom is -0.451 e. The van der Waals surface area contributed by atoms with E-state index in [2.05, 4.69) is 39.6 Å². The van der Waals surface area contributed by atoms with Crippen LogP contribution in [-0.4, -0.2) is 49.1 Å². The van der Waals surface area contributed by atoms with E-state index in [1.165, 1.54) is 5.69 Å². The zero-order chi connectivity index (χ0) is 19.5. The third-order valence-electron chi connectivity index (χ3n) is 4.87. The Bertz CT molecular complexity index is 958. The number of anilines is 2. The number of carbonyl (C=O) groups excluding carboxylic acids is 1. The van der Waals surface area contributed by atoms with E-state index in [1.807, 2.05) is 36.4 Å². The number of furan rings is 1. The molecule has 28 heavy (non-hydrogen) atoms. The second-order valence-electron chi connectivity index (χ2n) is 6.89. The maximum absolute atomic E-state index is 12.4. The summed E-state index contributed by atoms with van der Waals surface area (Å²) < 4.78 is 5.56. The number of benzene rings is 2. The van der Waals surface area contributed by atoms with Crippen LogP contribution in [0, 0.1) is 0 Å². The fraction of sp³-hybridized carbons (Fsp3) is 0.238. The molecule has 0 radical (unpaired) electrons. The number of nitrogens with zero attached hydrogens (tertiary/aromatic N) is 2. The van der Waals surface area contributed by atoms with Crippen molar-refractivity contribution in [1.29, 1.82) is 0 Å². The van der Waals surface area contributed by atoms with Crippen LogP contribution >= 0.6 is 12.2 Å². The van der Waals surface area contributed by atoms with Gasteiger partial charge in [-0.05, 0) is 55.7 Å². The lowest BCUT2D eigenvalue weighted by atomic mass is 10.2. The summed E-state index contributed by atoms with van der Waals surface area (Å²) in [6.45, 7) is 4.18. The van der Waals surface area contributed by atoms with Gasteiger partial charge in [-0.3, -0.25) is 10.1 Å². The van der Waals surface area contributed by atoms with Crippen LogP contribution in [0.15, 0.2) is 59.0 Å². The Balaban J connectivity index is 1.34. The molecular weight excluding hydrogens is 372 g/mol. The summed E-state index contributed by atoms with van der Waals surface area (Å²) in [5, 5.41) is 6.82. The van der Waals surface area contributed by atoms with E-state index in [-0.39, 0.29) is 16.8 Å². The second kappa shape index (κ2) is 8.00. The first-order valence-electron chi connectivity index (χ1n) is 9.23. The zero-order valence-corrected chi connectivity index (χ0v) is 16.5. The Hall–Kier alpha value is -2.90. The molecular formula is C21H22N4O2S. The van der Waals surface area contributed by atoms with Gasteiger partial charge in [0.05, 0.1) is 0 Å². The highest BCUT2D eigenvalue weighted by molar-refractivity contribution is 7.80. The van der Waals surface area contributed by atoms with E-state index < -0.39 is 0 Å². The Labute approximate surface area is 169 Å². The average Bonchev–Trinajstić information content (AvgIpc) is 3.14. The molecule has 0 unspecified atom stereocenters. The number of likely N-dealkylation sites (N-methyl/N-ethyl adjacent to an activating group) is 1. The maximum atomic E-state index is 12.4. The van der Waals surface area contributed by atoms with Crippen LogP contribution in [0.25, 0.3) is 11.0 Å². The van der Waals surface area contributed by atoms with Crippen molar-refractivity contribution >= 4 is 45.6 Å². The molecule has 1 saturated heterocycles.